The molecule has 374 valence electrons. The van der Waals surface area contributed by atoms with Gasteiger partial charge in [0.05, 0.1) is 38.3 Å². The molecule has 12 heteroatoms. The van der Waals surface area contributed by atoms with Gasteiger partial charge in [0.15, 0.2) is 0 Å². The number of amides is 2. The number of ketones is 1. The van der Waals surface area contributed by atoms with Gasteiger partial charge < -0.3 is 16.6 Å². The average molecular weight is 1050 g/mol. The first-order chi connectivity index (χ1) is 35.5. The minimum absolute atomic E-state index is 0.0727. The zero-order chi connectivity index (χ0) is 52.0. The number of thioether (sulfide) groups is 3. The number of aliphatic carboxylic acids is 1. The van der Waals surface area contributed by atoms with Crippen LogP contribution in [0, 0.1) is 0 Å². The van der Waals surface area contributed by atoms with Crippen LogP contribution in [0.4, 0.5) is 0 Å². The Hall–Kier alpha value is -6.96. The largest absolute Gasteiger partial charge is 0.481 e. The van der Waals surface area contributed by atoms with E-state index in [1.807, 2.05) is 194 Å². The molecular weight excluding hydrogens is 985 g/mol. The molecule has 0 saturated heterocycles. The Morgan fingerprint density at radius 3 is 0.836 bits per heavy atom. The number of primary amides is 2. The third-order valence-corrected chi connectivity index (χ3v) is 16.3. The minimum atomic E-state index is -1.36. The monoisotopic (exact) mass is 1040 g/mol. The number of nitrogens with two attached hydrogens (primary N) is 2. The van der Waals surface area contributed by atoms with Crippen LogP contribution >= 0.6 is 35.3 Å². The van der Waals surface area contributed by atoms with Crippen LogP contribution in [0.25, 0.3) is 0 Å². The highest BCUT2D eigenvalue weighted by atomic mass is 32.2. The van der Waals surface area contributed by atoms with E-state index in [0.29, 0.717) is 11.5 Å². The maximum Gasteiger partial charge on any atom is 0.313 e. The number of hydrogen-bond acceptors (Lipinski definition) is 8. The molecule has 0 aromatic heterocycles. The van der Waals surface area contributed by atoms with Crippen LogP contribution in [0.3, 0.4) is 0 Å². The predicted octanol–water partition coefficient (Wildman–Crippen LogP) is 12.7. The van der Waals surface area contributed by atoms with Gasteiger partial charge in [-0.15, -0.1) is 35.3 Å². The van der Waals surface area contributed by atoms with Crippen molar-refractivity contribution in [3.63, 3.8) is 0 Å². The zero-order valence-corrected chi connectivity index (χ0v) is 43.8. The number of carbonyl (C=O) groups is 4. The second kappa shape index (κ2) is 32.2. The van der Waals surface area contributed by atoms with E-state index in [2.05, 4.69) is 48.5 Å². The van der Waals surface area contributed by atoms with Gasteiger partial charge in [0, 0.05) is 10.8 Å². The third-order valence-electron chi connectivity index (χ3n) is 10.6. The molecule has 0 bridgehead atoms. The van der Waals surface area contributed by atoms with Crippen molar-refractivity contribution in [2.24, 2.45) is 11.5 Å². The summed E-state index contributed by atoms with van der Waals surface area (Å²) in [4.78, 5) is 43.9. The molecule has 0 spiro atoms. The Balaban J connectivity index is 0.000000181. The molecule has 0 aliphatic carbocycles. The summed E-state index contributed by atoms with van der Waals surface area (Å²) in [6.45, 7) is 1.64. The fourth-order valence-electron chi connectivity index (χ4n) is 7.42. The number of hydrogen-bond donors (Lipinski definition) is 3. The maximum atomic E-state index is 12.4. The summed E-state index contributed by atoms with van der Waals surface area (Å²) >= 11 is 4.68. The molecule has 5 N–H and O–H groups in total. The molecule has 8 nitrogen and oxygen atoms in total. The van der Waals surface area contributed by atoms with Gasteiger partial charge in [-0.1, -0.05) is 243 Å². The van der Waals surface area contributed by atoms with Crippen LogP contribution in [0.2, 0.25) is 0 Å². The van der Waals surface area contributed by atoms with E-state index in [-0.39, 0.29) is 44.2 Å². The van der Waals surface area contributed by atoms with E-state index in [4.69, 9.17) is 16.6 Å². The Morgan fingerprint density at radius 2 is 0.616 bits per heavy atom. The predicted molar refractivity (Wildman–Crippen MR) is 306 cm³/mol. The number of Topliss-reactive ketones (excluding diaryl/α,β-unsaturated/α-hetero) is 1. The molecule has 1 atom stereocenters. The van der Waals surface area contributed by atoms with E-state index in [1.165, 1.54) is 34.0 Å². The van der Waals surface area contributed by atoms with Crippen LogP contribution in [-0.2, 0) is 30.0 Å². The van der Waals surface area contributed by atoms with Crippen molar-refractivity contribution in [3.8, 4) is 0 Å². The van der Waals surface area contributed by atoms with Gasteiger partial charge in [0.1, 0.15) is 11.5 Å². The van der Waals surface area contributed by atoms with Gasteiger partial charge in [-0.2, -0.15) is 0 Å². The lowest BCUT2D eigenvalue weighted by molar-refractivity contribution is -0.134. The Bertz CT molecular complexity index is 2470. The number of carbonyl (C=O) groups excluding carboxylic acids is 3. The summed E-state index contributed by atoms with van der Waals surface area (Å²) in [7, 11) is -1.36. The van der Waals surface area contributed by atoms with Crippen LogP contribution in [-0.4, -0.2) is 55.9 Å². The number of benzene rings is 8. The summed E-state index contributed by atoms with van der Waals surface area (Å²) in [5, 5.41) is 8.97. The summed E-state index contributed by atoms with van der Waals surface area (Å²) < 4.78 is 12.4. The minimum Gasteiger partial charge on any atom is -0.481 e. The third kappa shape index (κ3) is 20.6. The molecule has 0 fully saturated rings. The molecule has 73 heavy (non-hydrogen) atoms. The fraction of sp³-hybridized carbons (Fsp3) is 0.148. The SMILES string of the molecule is CC(=O)CSC(c1ccccc1)c1ccccc1.NC(=O)CS(=O)C(c1ccccc1)c1ccccc1.NC(=O)CSC(c1ccccc1)c1ccccc1.O=C(O)CSC(c1ccccc1)c1ccccc1. The molecular formula is C61H60N2O6S4. The highest BCUT2D eigenvalue weighted by Crippen LogP contribution is 2.37. The molecule has 0 radical (unpaired) electrons. The van der Waals surface area contributed by atoms with Crippen molar-refractivity contribution in [3.05, 3.63) is 287 Å². The second-order valence-corrected chi connectivity index (χ2v) is 21.1. The highest BCUT2D eigenvalue weighted by Gasteiger charge is 2.22. The van der Waals surface area contributed by atoms with Crippen molar-refractivity contribution >= 4 is 69.7 Å². The normalized spacial score (nSPS) is 11.0. The van der Waals surface area contributed by atoms with E-state index >= 15 is 0 Å². The second-order valence-electron chi connectivity index (χ2n) is 16.3. The molecule has 1 unspecified atom stereocenters. The van der Waals surface area contributed by atoms with Crippen LogP contribution in [0.5, 0.6) is 0 Å². The number of carboxylic acids is 1. The highest BCUT2D eigenvalue weighted by molar-refractivity contribution is 8.00. The molecule has 0 heterocycles. The molecule has 8 aromatic rings. The quantitative estimate of drug-likeness (QED) is 0.0676. The summed E-state index contributed by atoms with van der Waals surface area (Å²) in [5.74, 6) is -0.535. The Labute approximate surface area is 444 Å². The Morgan fingerprint density at radius 1 is 0.384 bits per heavy atom. The molecule has 2 amide bonds. The smallest absolute Gasteiger partial charge is 0.313 e. The van der Waals surface area contributed by atoms with E-state index < -0.39 is 22.7 Å². The van der Waals surface area contributed by atoms with E-state index in [0.717, 1.165) is 22.3 Å². The van der Waals surface area contributed by atoms with Crippen molar-refractivity contribution < 1.29 is 28.5 Å². The first-order valence-electron chi connectivity index (χ1n) is 23.4. The van der Waals surface area contributed by atoms with Crippen molar-refractivity contribution in [1.82, 2.24) is 0 Å². The summed E-state index contributed by atoms with van der Waals surface area (Å²) in [6, 6.07) is 80.0. The standard InChI is InChI=1S/C16H16OS.C15H15NO2S.C15H15NOS.C15H14O2S/c1-13(17)12-18-16(14-8-4-2-5-9-14)15-10-6-3-7-11-15;16-14(17)11-19(18)15(12-7-3-1-4-8-12)13-9-5-2-6-10-13;2*16-14(17)11-18-15(12-7-3-1-4-8-12)13-9-5-2-6-10-13/h2-11,16H,12H2,1H3;1-10,15H,11H2,(H2,16,17);1-10,15H,11H2,(H2,16,17);1-10,15H,11H2,(H,16,17). The van der Waals surface area contributed by atoms with Gasteiger partial charge in [-0.25, -0.2) is 0 Å². The lowest BCUT2D eigenvalue weighted by Crippen LogP contribution is -2.23. The zero-order valence-electron chi connectivity index (χ0n) is 40.5. The molecule has 0 saturated carbocycles. The van der Waals surface area contributed by atoms with Crippen LogP contribution < -0.4 is 11.5 Å². The fourth-order valence-corrected chi connectivity index (χ4v) is 11.9. The molecule has 0 aliphatic heterocycles. The van der Waals surface area contributed by atoms with Crippen molar-refractivity contribution in [1.29, 1.82) is 0 Å². The summed E-state index contributed by atoms with van der Waals surface area (Å²) in [6.07, 6.45) is 0. The van der Waals surface area contributed by atoms with Crippen LogP contribution in [0.1, 0.15) is 72.4 Å². The first-order valence-corrected chi connectivity index (χ1v) is 27.9. The van der Waals surface area contributed by atoms with Gasteiger partial charge >= 0.3 is 5.97 Å². The van der Waals surface area contributed by atoms with Gasteiger partial charge in [0.2, 0.25) is 11.8 Å². The molecule has 0 aliphatic rings. The van der Waals surface area contributed by atoms with Gasteiger partial charge in [0.25, 0.3) is 0 Å². The average Bonchev–Trinajstić information content (AvgIpc) is 3.41. The lowest BCUT2D eigenvalue weighted by Gasteiger charge is -2.16. The number of rotatable bonds is 20. The first kappa shape index (κ1) is 56.9. The Kier molecular flexibility index (Phi) is 25.1. The van der Waals surface area contributed by atoms with E-state index in [9.17, 15) is 23.4 Å². The lowest BCUT2D eigenvalue weighted by atomic mass is 10.0. The van der Waals surface area contributed by atoms with Gasteiger partial charge in [-0.3, -0.25) is 23.4 Å². The topological polar surface area (TPSA) is 158 Å². The molecule has 8 aromatic carbocycles. The summed E-state index contributed by atoms with van der Waals surface area (Å²) in [5.41, 5.74) is 19.4. The molecule has 8 rings (SSSR count). The van der Waals surface area contributed by atoms with Crippen molar-refractivity contribution in [2.45, 2.75) is 27.9 Å². The van der Waals surface area contributed by atoms with Gasteiger partial charge in [-0.05, 0) is 51.4 Å². The maximum absolute atomic E-state index is 12.4. The van der Waals surface area contributed by atoms with E-state index in [1.54, 1.807) is 30.4 Å². The van der Waals surface area contributed by atoms with Crippen LogP contribution in [0.15, 0.2) is 243 Å². The van der Waals surface area contributed by atoms with Crippen molar-refractivity contribution in [2.75, 3.05) is 23.0 Å². The number of carboxylic acid groups (broad SMARTS) is 1.